The molecule has 0 fully saturated rings. The maximum Gasteiger partial charge on any atom is 0.640 e. The normalized spacial score (nSPS) is 11.3. The number of hydrogen-bond donors (Lipinski definition) is 0. The van der Waals surface area contributed by atoms with E-state index in [1.54, 1.807) is 7.11 Å². The summed E-state index contributed by atoms with van der Waals surface area (Å²) in [5.74, 6) is 0. The fourth-order valence-corrected chi connectivity index (χ4v) is 3.76. The molecule has 0 aromatic heterocycles. The van der Waals surface area contributed by atoms with E-state index < -0.39 is 12.9 Å². The average Bonchev–Trinajstić information content (AvgIpc) is 2.87. The van der Waals surface area contributed by atoms with Crippen LogP contribution in [-0.4, -0.2) is 14.4 Å². The number of hydrogen-bond acceptors (Lipinski definition) is 3. The third-order valence-electron chi connectivity index (χ3n) is 5.24. The Kier molecular flexibility index (Phi) is 6.95. The van der Waals surface area contributed by atoms with Crippen molar-refractivity contribution in [3.63, 3.8) is 0 Å². The zero-order chi connectivity index (χ0) is 21.4. The lowest BCUT2D eigenvalue weighted by atomic mass is 9.79. The maximum atomic E-state index is 6.72. The van der Waals surface area contributed by atoms with E-state index >= 15 is 0 Å². The summed E-state index contributed by atoms with van der Waals surface area (Å²) < 4.78 is 18.4. The van der Waals surface area contributed by atoms with E-state index in [1.165, 1.54) is 0 Å². The van der Waals surface area contributed by atoms with Crippen LogP contribution in [0.2, 0.25) is 0 Å². The third-order valence-corrected chi connectivity index (χ3v) is 5.24. The van der Waals surface area contributed by atoms with Crippen LogP contribution < -0.4 is 0 Å². The summed E-state index contributed by atoms with van der Waals surface area (Å²) in [5, 5.41) is 0. The lowest BCUT2D eigenvalue weighted by molar-refractivity contribution is 0.0403. The van der Waals surface area contributed by atoms with Crippen molar-refractivity contribution in [1.29, 1.82) is 0 Å². The van der Waals surface area contributed by atoms with Crippen LogP contribution in [0.25, 0.3) is 0 Å². The molecule has 0 aliphatic rings. The molecule has 0 saturated heterocycles. The monoisotopic (exact) mass is 408 g/mol. The lowest BCUT2D eigenvalue weighted by Gasteiger charge is -2.37. The van der Waals surface area contributed by atoms with Crippen LogP contribution in [-0.2, 0) is 26.2 Å². The van der Waals surface area contributed by atoms with Gasteiger partial charge < -0.3 is 14.0 Å². The minimum atomic E-state index is -0.902. The molecular formula is C27H25BO3. The van der Waals surface area contributed by atoms with Gasteiger partial charge in [0, 0.05) is 7.11 Å². The van der Waals surface area contributed by atoms with Crippen molar-refractivity contribution in [3.05, 3.63) is 144 Å². The van der Waals surface area contributed by atoms with Crippen molar-refractivity contribution in [2.24, 2.45) is 0 Å². The quantitative estimate of drug-likeness (QED) is 0.257. The second-order valence-corrected chi connectivity index (χ2v) is 7.22. The van der Waals surface area contributed by atoms with E-state index in [9.17, 15) is 0 Å². The largest absolute Gasteiger partial charge is 0.640 e. The van der Waals surface area contributed by atoms with E-state index in [0.717, 1.165) is 22.3 Å². The number of benzene rings is 4. The zero-order valence-corrected chi connectivity index (χ0v) is 17.6. The van der Waals surface area contributed by atoms with Gasteiger partial charge in [0.25, 0.3) is 0 Å². The Morgan fingerprint density at radius 2 is 0.968 bits per heavy atom. The second kappa shape index (κ2) is 10.2. The fourth-order valence-electron chi connectivity index (χ4n) is 3.76. The van der Waals surface area contributed by atoms with E-state index in [-0.39, 0.29) is 0 Å². The number of rotatable bonds is 9. The van der Waals surface area contributed by atoms with E-state index in [4.69, 9.17) is 14.0 Å². The van der Waals surface area contributed by atoms with Gasteiger partial charge in [-0.25, -0.2) is 0 Å². The molecule has 154 valence electrons. The van der Waals surface area contributed by atoms with Crippen LogP contribution in [0.3, 0.4) is 0 Å². The highest BCUT2D eigenvalue weighted by Crippen LogP contribution is 2.41. The van der Waals surface area contributed by atoms with E-state index in [2.05, 4.69) is 36.4 Å². The molecule has 0 saturated carbocycles. The molecule has 0 unspecified atom stereocenters. The molecule has 0 amide bonds. The Labute approximate surface area is 184 Å². The van der Waals surface area contributed by atoms with Gasteiger partial charge in [0.05, 0.1) is 6.61 Å². The molecule has 0 aliphatic heterocycles. The fraction of sp³-hybridized carbons (Fsp3) is 0.111. The first-order valence-electron chi connectivity index (χ1n) is 10.4. The van der Waals surface area contributed by atoms with Gasteiger partial charge in [0.15, 0.2) is 0 Å². The SMILES string of the molecule is COB(OCc1ccccc1)OC(c1ccccc1)(c1ccccc1)c1ccccc1. The minimum Gasteiger partial charge on any atom is -0.389 e. The van der Waals surface area contributed by atoms with Crippen LogP contribution in [0.15, 0.2) is 121 Å². The highest BCUT2D eigenvalue weighted by atomic mass is 16.7. The van der Waals surface area contributed by atoms with Crippen molar-refractivity contribution >= 4 is 7.32 Å². The van der Waals surface area contributed by atoms with Crippen LogP contribution in [0.5, 0.6) is 0 Å². The predicted molar refractivity (Wildman–Crippen MR) is 124 cm³/mol. The first-order chi connectivity index (χ1) is 15.3. The molecule has 4 heteroatoms. The predicted octanol–water partition coefficient (Wildman–Crippen LogP) is 5.84. The van der Waals surface area contributed by atoms with Crippen LogP contribution in [0.4, 0.5) is 0 Å². The summed E-state index contributed by atoms with van der Waals surface area (Å²) in [7, 11) is 0.724. The molecule has 0 aliphatic carbocycles. The summed E-state index contributed by atoms with van der Waals surface area (Å²) in [6.07, 6.45) is 0. The molecule has 4 aromatic rings. The highest BCUT2D eigenvalue weighted by Gasteiger charge is 2.42. The molecule has 31 heavy (non-hydrogen) atoms. The van der Waals surface area contributed by atoms with Gasteiger partial charge in [-0.3, -0.25) is 0 Å². The Balaban J connectivity index is 1.77. The summed E-state index contributed by atoms with van der Waals surface area (Å²) in [5.41, 5.74) is 3.15. The summed E-state index contributed by atoms with van der Waals surface area (Å²) in [4.78, 5) is 0. The Hall–Kier alpha value is -3.18. The summed E-state index contributed by atoms with van der Waals surface area (Å²) >= 11 is 0. The highest BCUT2D eigenvalue weighted by molar-refractivity contribution is 6.36. The van der Waals surface area contributed by atoms with Gasteiger partial charge >= 0.3 is 7.32 Å². The molecule has 0 atom stereocenters. The minimum absolute atomic E-state index is 0.383. The van der Waals surface area contributed by atoms with Crippen LogP contribution >= 0.6 is 0 Å². The van der Waals surface area contributed by atoms with Crippen molar-refractivity contribution < 1.29 is 14.0 Å². The van der Waals surface area contributed by atoms with Crippen molar-refractivity contribution in [1.82, 2.24) is 0 Å². The van der Waals surface area contributed by atoms with Crippen molar-refractivity contribution in [2.45, 2.75) is 12.2 Å². The lowest BCUT2D eigenvalue weighted by Crippen LogP contribution is -2.41. The molecule has 0 heterocycles. The van der Waals surface area contributed by atoms with Crippen molar-refractivity contribution in [3.8, 4) is 0 Å². The molecule has 0 N–H and O–H groups in total. The summed E-state index contributed by atoms with van der Waals surface area (Å²) in [6.45, 7) is 0.383. The molecular weight excluding hydrogens is 383 g/mol. The standard InChI is InChI=1S/C27H25BO3/c1-29-28(30-22-23-14-6-2-7-15-23)31-27(24-16-8-3-9-17-24,25-18-10-4-11-19-25)26-20-12-5-13-21-26/h2-21H,22H2,1H3. The topological polar surface area (TPSA) is 27.7 Å². The van der Waals surface area contributed by atoms with Crippen LogP contribution in [0.1, 0.15) is 22.3 Å². The molecule has 4 aromatic carbocycles. The van der Waals surface area contributed by atoms with Crippen LogP contribution in [0, 0.1) is 0 Å². The Bertz CT molecular complexity index is 944. The van der Waals surface area contributed by atoms with E-state index in [1.807, 2.05) is 84.9 Å². The molecule has 0 radical (unpaired) electrons. The van der Waals surface area contributed by atoms with Gasteiger partial charge in [-0.1, -0.05) is 121 Å². The van der Waals surface area contributed by atoms with Gasteiger partial charge in [0.2, 0.25) is 0 Å². The first kappa shape index (κ1) is 21.1. The zero-order valence-electron chi connectivity index (χ0n) is 17.6. The smallest absolute Gasteiger partial charge is 0.389 e. The maximum absolute atomic E-state index is 6.72. The average molecular weight is 408 g/mol. The molecule has 4 rings (SSSR count). The molecule has 3 nitrogen and oxygen atoms in total. The second-order valence-electron chi connectivity index (χ2n) is 7.22. The third kappa shape index (κ3) is 4.78. The van der Waals surface area contributed by atoms with Gasteiger partial charge in [-0.2, -0.15) is 0 Å². The Morgan fingerprint density at radius 3 is 1.35 bits per heavy atom. The van der Waals surface area contributed by atoms with Crippen molar-refractivity contribution in [2.75, 3.05) is 7.11 Å². The van der Waals surface area contributed by atoms with Gasteiger partial charge in [-0.15, -0.1) is 0 Å². The van der Waals surface area contributed by atoms with E-state index in [0.29, 0.717) is 6.61 Å². The van der Waals surface area contributed by atoms with Gasteiger partial charge in [-0.05, 0) is 22.3 Å². The van der Waals surface area contributed by atoms with Gasteiger partial charge in [0.1, 0.15) is 5.60 Å². The first-order valence-corrected chi connectivity index (χ1v) is 10.4. The molecule has 0 spiro atoms. The summed E-state index contributed by atoms with van der Waals surface area (Å²) in [6, 6.07) is 40.6. The Morgan fingerprint density at radius 1 is 0.581 bits per heavy atom. The molecule has 0 bridgehead atoms.